The van der Waals surface area contributed by atoms with Gasteiger partial charge in [-0.2, -0.15) is 13.2 Å². The van der Waals surface area contributed by atoms with Crippen LogP contribution in [0, 0.1) is 0 Å². The van der Waals surface area contributed by atoms with Crippen molar-refractivity contribution < 1.29 is 18.0 Å². The summed E-state index contributed by atoms with van der Waals surface area (Å²) in [7, 11) is 0. The van der Waals surface area contributed by atoms with E-state index in [2.05, 4.69) is 5.32 Å². The van der Waals surface area contributed by atoms with Crippen LogP contribution in [-0.4, -0.2) is 19.0 Å². The summed E-state index contributed by atoms with van der Waals surface area (Å²) < 4.78 is 37.0. The van der Waals surface area contributed by atoms with Gasteiger partial charge < -0.3 is 11.1 Å². The number of carbonyl (C=O) groups is 1. The number of hydrogen-bond acceptors (Lipinski definition) is 2. The summed E-state index contributed by atoms with van der Waals surface area (Å²) >= 11 is 0. The third-order valence-electron chi connectivity index (χ3n) is 2.37. The molecule has 0 saturated carbocycles. The maximum atomic E-state index is 12.3. The molecule has 0 aromatic heterocycles. The second-order valence-electron chi connectivity index (χ2n) is 3.88. The van der Waals surface area contributed by atoms with Gasteiger partial charge in [-0.05, 0) is 17.7 Å². The van der Waals surface area contributed by atoms with Crippen molar-refractivity contribution in [1.29, 1.82) is 0 Å². The Morgan fingerprint density at radius 2 is 1.84 bits per heavy atom. The quantitative estimate of drug-likeness (QED) is 0.804. The van der Waals surface area contributed by atoms with Crippen LogP contribution in [-0.2, 0) is 17.4 Å². The van der Waals surface area contributed by atoms with E-state index in [1.165, 1.54) is 12.1 Å². The first kappa shape index (κ1) is 15.2. The zero-order valence-corrected chi connectivity index (χ0v) is 10.2. The molecule has 3 nitrogen and oxygen atoms in total. The molecular formula is C13H15F3N2O. The van der Waals surface area contributed by atoms with Crippen molar-refractivity contribution in [3.63, 3.8) is 0 Å². The molecule has 0 aliphatic carbocycles. The third-order valence-corrected chi connectivity index (χ3v) is 2.37. The summed E-state index contributed by atoms with van der Waals surface area (Å²) in [5, 5.41) is 2.61. The largest absolute Gasteiger partial charge is 0.416 e. The van der Waals surface area contributed by atoms with Crippen LogP contribution in [0.3, 0.4) is 0 Å². The van der Waals surface area contributed by atoms with Crippen LogP contribution < -0.4 is 11.1 Å². The highest BCUT2D eigenvalue weighted by atomic mass is 19.4. The van der Waals surface area contributed by atoms with Gasteiger partial charge in [0.05, 0.1) is 12.0 Å². The summed E-state index contributed by atoms with van der Waals surface area (Å²) in [6, 6.07) is 4.55. The zero-order valence-electron chi connectivity index (χ0n) is 10.2. The van der Waals surface area contributed by atoms with Gasteiger partial charge in [0.2, 0.25) is 5.91 Å². The van der Waals surface area contributed by atoms with E-state index in [9.17, 15) is 18.0 Å². The fourth-order valence-electron chi connectivity index (χ4n) is 1.41. The fraction of sp³-hybridized carbons (Fsp3) is 0.308. The molecular weight excluding hydrogens is 257 g/mol. The minimum absolute atomic E-state index is 0.0502. The van der Waals surface area contributed by atoms with Gasteiger partial charge in [-0.1, -0.05) is 24.3 Å². The maximum Gasteiger partial charge on any atom is 0.416 e. The molecule has 104 valence electrons. The SMILES string of the molecule is NC/C=C/CNC(=O)Cc1ccc(C(F)(F)F)cc1. The number of halogens is 3. The second-order valence-corrected chi connectivity index (χ2v) is 3.88. The molecule has 3 N–H and O–H groups in total. The predicted octanol–water partition coefficient (Wildman–Crippen LogP) is 1.88. The van der Waals surface area contributed by atoms with Crippen LogP contribution in [0.15, 0.2) is 36.4 Å². The normalized spacial score (nSPS) is 11.8. The van der Waals surface area contributed by atoms with Crippen LogP contribution >= 0.6 is 0 Å². The predicted molar refractivity (Wildman–Crippen MR) is 66.4 cm³/mol. The highest BCUT2D eigenvalue weighted by Gasteiger charge is 2.29. The number of alkyl halides is 3. The zero-order chi connectivity index (χ0) is 14.3. The van der Waals surface area contributed by atoms with Gasteiger partial charge in [0.15, 0.2) is 0 Å². The maximum absolute atomic E-state index is 12.3. The standard InChI is InChI=1S/C13H15F3N2O/c14-13(15,16)11-5-3-10(4-6-11)9-12(19)18-8-2-1-7-17/h1-6H,7-9,17H2,(H,18,19)/b2-1+. The number of rotatable bonds is 5. The molecule has 0 bridgehead atoms. The molecule has 0 saturated heterocycles. The Morgan fingerprint density at radius 3 is 2.37 bits per heavy atom. The molecule has 0 atom stereocenters. The van der Waals surface area contributed by atoms with Gasteiger partial charge in [0.1, 0.15) is 0 Å². The Kier molecular flexibility index (Phi) is 5.57. The van der Waals surface area contributed by atoms with Gasteiger partial charge in [-0.25, -0.2) is 0 Å². The lowest BCUT2D eigenvalue weighted by molar-refractivity contribution is -0.137. The minimum Gasteiger partial charge on any atom is -0.352 e. The second kappa shape index (κ2) is 6.94. The monoisotopic (exact) mass is 272 g/mol. The van der Waals surface area contributed by atoms with E-state index < -0.39 is 11.7 Å². The van der Waals surface area contributed by atoms with E-state index in [0.717, 1.165) is 12.1 Å². The third kappa shape index (κ3) is 5.56. The summed E-state index contributed by atoms with van der Waals surface area (Å²) in [6.45, 7) is 0.755. The molecule has 1 aromatic carbocycles. The molecule has 19 heavy (non-hydrogen) atoms. The van der Waals surface area contributed by atoms with Crippen LogP contribution in [0.1, 0.15) is 11.1 Å². The van der Waals surface area contributed by atoms with Crippen molar-refractivity contribution in [3.8, 4) is 0 Å². The van der Waals surface area contributed by atoms with Gasteiger partial charge in [0.25, 0.3) is 0 Å². The number of benzene rings is 1. The van der Waals surface area contributed by atoms with Gasteiger partial charge in [-0.3, -0.25) is 4.79 Å². The van der Waals surface area contributed by atoms with E-state index in [-0.39, 0.29) is 12.3 Å². The van der Waals surface area contributed by atoms with Crippen molar-refractivity contribution in [1.82, 2.24) is 5.32 Å². The summed E-state index contributed by atoms with van der Waals surface area (Å²) in [4.78, 5) is 11.5. The van der Waals surface area contributed by atoms with E-state index in [4.69, 9.17) is 5.73 Å². The van der Waals surface area contributed by atoms with Crippen LogP contribution in [0.2, 0.25) is 0 Å². The summed E-state index contributed by atoms with van der Waals surface area (Å²) in [5.74, 6) is -0.249. The Labute approximate surface area is 109 Å². The van der Waals surface area contributed by atoms with E-state index >= 15 is 0 Å². The first-order valence-corrected chi connectivity index (χ1v) is 5.71. The summed E-state index contributed by atoms with van der Waals surface area (Å²) in [6.07, 6.45) is -0.883. The molecule has 6 heteroatoms. The average molecular weight is 272 g/mol. The topological polar surface area (TPSA) is 55.1 Å². The Bertz CT molecular complexity index is 438. The lowest BCUT2D eigenvalue weighted by atomic mass is 10.1. The lowest BCUT2D eigenvalue weighted by Gasteiger charge is -2.07. The molecule has 0 radical (unpaired) electrons. The number of nitrogens with two attached hydrogens (primary N) is 1. The molecule has 0 heterocycles. The van der Waals surface area contributed by atoms with Crippen molar-refractivity contribution in [3.05, 3.63) is 47.5 Å². The van der Waals surface area contributed by atoms with Crippen LogP contribution in [0.5, 0.6) is 0 Å². The Hall–Kier alpha value is -1.82. The fourth-order valence-corrected chi connectivity index (χ4v) is 1.41. The molecule has 0 fully saturated rings. The molecule has 0 aliphatic rings. The first-order valence-electron chi connectivity index (χ1n) is 5.71. The molecule has 0 aliphatic heterocycles. The molecule has 0 unspecified atom stereocenters. The minimum atomic E-state index is -4.35. The van der Waals surface area contributed by atoms with Gasteiger partial charge in [-0.15, -0.1) is 0 Å². The number of nitrogens with one attached hydrogen (secondary N) is 1. The highest BCUT2D eigenvalue weighted by Crippen LogP contribution is 2.29. The average Bonchev–Trinajstić information content (AvgIpc) is 2.34. The lowest BCUT2D eigenvalue weighted by Crippen LogP contribution is -2.25. The smallest absolute Gasteiger partial charge is 0.352 e. The highest BCUT2D eigenvalue weighted by molar-refractivity contribution is 5.78. The molecule has 1 rings (SSSR count). The van der Waals surface area contributed by atoms with Crippen molar-refractivity contribution in [2.45, 2.75) is 12.6 Å². The molecule has 1 aromatic rings. The van der Waals surface area contributed by atoms with Crippen molar-refractivity contribution >= 4 is 5.91 Å². The number of amides is 1. The van der Waals surface area contributed by atoms with Crippen LogP contribution in [0.4, 0.5) is 13.2 Å². The Morgan fingerprint density at radius 1 is 1.21 bits per heavy atom. The van der Waals surface area contributed by atoms with E-state index in [1.807, 2.05) is 0 Å². The van der Waals surface area contributed by atoms with Crippen molar-refractivity contribution in [2.24, 2.45) is 5.73 Å². The van der Waals surface area contributed by atoms with Crippen LogP contribution in [0.25, 0.3) is 0 Å². The number of hydrogen-bond donors (Lipinski definition) is 2. The summed E-state index contributed by atoms with van der Waals surface area (Å²) in [5.41, 5.74) is 5.04. The Balaban J connectivity index is 2.49. The first-order chi connectivity index (χ1) is 8.93. The molecule has 1 amide bonds. The van der Waals surface area contributed by atoms with Gasteiger partial charge in [0, 0.05) is 13.1 Å². The van der Waals surface area contributed by atoms with E-state index in [0.29, 0.717) is 18.7 Å². The van der Waals surface area contributed by atoms with Crippen molar-refractivity contribution in [2.75, 3.05) is 13.1 Å². The van der Waals surface area contributed by atoms with Gasteiger partial charge >= 0.3 is 6.18 Å². The number of carbonyl (C=O) groups excluding carboxylic acids is 1. The molecule has 0 spiro atoms. The van der Waals surface area contributed by atoms with E-state index in [1.54, 1.807) is 12.2 Å².